The zero-order valence-electron chi connectivity index (χ0n) is 16.6. The van der Waals surface area contributed by atoms with Crippen molar-refractivity contribution in [2.45, 2.75) is 32.1 Å². The fourth-order valence-electron chi connectivity index (χ4n) is 3.26. The molecule has 0 unspecified atom stereocenters. The molecular formula is C21H19ClF2N6O. The SMILES string of the molecule is CC(F)(F)c1cc(C2=CCCN=C2)nn1C1=NC=C(NC(=O)c2cccnc2Cl)CC1. The summed E-state index contributed by atoms with van der Waals surface area (Å²) in [5.74, 6) is -3.14. The van der Waals surface area contributed by atoms with Crippen LogP contribution in [-0.2, 0) is 5.92 Å². The molecule has 2 aliphatic heterocycles. The molecule has 0 aromatic carbocycles. The van der Waals surface area contributed by atoms with Gasteiger partial charge in [-0.05, 0) is 31.0 Å². The average Bonchev–Trinajstić information content (AvgIpc) is 3.21. The third-order valence-electron chi connectivity index (χ3n) is 4.82. The van der Waals surface area contributed by atoms with Gasteiger partial charge < -0.3 is 5.32 Å². The highest BCUT2D eigenvalue weighted by atomic mass is 35.5. The molecular weight excluding hydrogens is 426 g/mol. The Bertz CT molecular complexity index is 1140. The first-order valence-corrected chi connectivity index (χ1v) is 10.1. The van der Waals surface area contributed by atoms with Crippen LogP contribution >= 0.6 is 11.6 Å². The maximum Gasteiger partial charge on any atom is 0.287 e. The number of rotatable bonds is 4. The van der Waals surface area contributed by atoms with Crippen LogP contribution in [0.3, 0.4) is 0 Å². The molecule has 2 aromatic rings. The summed E-state index contributed by atoms with van der Waals surface area (Å²) in [5, 5.41) is 7.21. The van der Waals surface area contributed by atoms with E-state index in [9.17, 15) is 13.6 Å². The summed E-state index contributed by atoms with van der Waals surface area (Å²) in [6, 6.07) is 4.55. The highest BCUT2D eigenvalue weighted by Gasteiger charge is 2.32. The molecule has 31 heavy (non-hydrogen) atoms. The number of dihydropyridines is 1. The molecule has 7 nitrogen and oxygen atoms in total. The van der Waals surface area contributed by atoms with E-state index in [4.69, 9.17) is 11.6 Å². The Labute approximate surface area is 182 Å². The van der Waals surface area contributed by atoms with E-state index in [0.717, 1.165) is 13.3 Å². The second-order valence-electron chi connectivity index (χ2n) is 7.19. The van der Waals surface area contributed by atoms with E-state index in [1.54, 1.807) is 18.3 Å². The zero-order chi connectivity index (χ0) is 22.0. The predicted molar refractivity (Wildman–Crippen MR) is 115 cm³/mol. The first-order valence-electron chi connectivity index (χ1n) is 9.69. The number of halogens is 3. The van der Waals surface area contributed by atoms with Gasteiger partial charge in [0.25, 0.3) is 11.8 Å². The molecule has 0 saturated carbocycles. The lowest BCUT2D eigenvalue weighted by Gasteiger charge is -2.18. The van der Waals surface area contributed by atoms with Crippen LogP contribution in [-0.4, -0.2) is 39.3 Å². The van der Waals surface area contributed by atoms with Gasteiger partial charge in [-0.2, -0.15) is 13.9 Å². The number of pyridine rings is 1. The highest BCUT2D eigenvalue weighted by molar-refractivity contribution is 6.32. The van der Waals surface area contributed by atoms with Crippen LogP contribution in [0.15, 0.2) is 52.4 Å². The molecule has 1 amide bonds. The monoisotopic (exact) mass is 444 g/mol. The van der Waals surface area contributed by atoms with E-state index in [1.165, 1.54) is 23.1 Å². The highest BCUT2D eigenvalue weighted by Crippen LogP contribution is 2.30. The minimum absolute atomic E-state index is 0.0973. The molecule has 4 rings (SSSR count). The van der Waals surface area contributed by atoms with Crippen LogP contribution in [0.25, 0.3) is 5.57 Å². The van der Waals surface area contributed by atoms with Crippen LogP contribution in [0, 0.1) is 0 Å². The van der Waals surface area contributed by atoms with Crippen molar-refractivity contribution in [1.29, 1.82) is 0 Å². The van der Waals surface area contributed by atoms with Crippen molar-refractivity contribution < 1.29 is 13.6 Å². The maximum absolute atomic E-state index is 14.3. The fraction of sp³-hybridized carbons (Fsp3) is 0.286. The Morgan fingerprint density at radius 1 is 1.32 bits per heavy atom. The number of carbonyl (C=O) groups is 1. The third kappa shape index (κ3) is 4.61. The van der Waals surface area contributed by atoms with Crippen molar-refractivity contribution in [3.05, 3.63) is 64.5 Å². The van der Waals surface area contributed by atoms with Crippen molar-refractivity contribution in [3.63, 3.8) is 0 Å². The van der Waals surface area contributed by atoms with Gasteiger partial charge in [0, 0.05) is 49.8 Å². The fourth-order valence-corrected chi connectivity index (χ4v) is 3.47. The summed E-state index contributed by atoms with van der Waals surface area (Å²) < 4.78 is 29.7. The molecule has 0 saturated heterocycles. The minimum atomic E-state index is -3.10. The summed E-state index contributed by atoms with van der Waals surface area (Å²) in [7, 11) is 0. The largest absolute Gasteiger partial charge is 0.324 e. The Morgan fingerprint density at radius 2 is 2.16 bits per heavy atom. The van der Waals surface area contributed by atoms with E-state index in [1.807, 2.05) is 6.08 Å². The molecule has 2 aromatic heterocycles. The van der Waals surface area contributed by atoms with Gasteiger partial charge in [0.2, 0.25) is 0 Å². The average molecular weight is 445 g/mol. The topological polar surface area (TPSA) is 84.5 Å². The quantitative estimate of drug-likeness (QED) is 0.717. The van der Waals surface area contributed by atoms with Gasteiger partial charge in [0.15, 0.2) is 0 Å². The summed E-state index contributed by atoms with van der Waals surface area (Å²) >= 11 is 5.95. The summed E-state index contributed by atoms with van der Waals surface area (Å²) in [6.45, 7) is 1.51. The number of nitrogens with zero attached hydrogens (tertiary/aromatic N) is 5. The van der Waals surface area contributed by atoms with Crippen molar-refractivity contribution >= 4 is 35.1 Å². The zero-order valence-corrected chi connectivity index (χ0v) is 17.4. The Kier molecular flexibility index (Phi) is 5.77. The second kappa shape index (κ2) is 8.50. The number of allylic oxidation sites excluding steroid dienone is 2. The van der Waals surface area contributed by atoms with Crippen LogP contribution in [0.1, 0.15) is 47.9 Å². The Morgan fingerprint density at radius 3 is 2.81 bits per heavy atom. The van der Waals surface area contributed by atoms with Crippen LogP contribution in [0.4, 0.5) is 8.78 Å². The lowest BCUT2D eigenvalue weighted by molar-refractivity contribution is 0.0108. The van der Waals surface area contributed by atoms with Gasteiger partial charge in [-0.15, -0.1) is 0 Å². The van der Waals surface area contributed by atoms with Gasteiger partial charge in [-0.3, -0.25) is 9.79 Å². The standard InChI is InChI=1S/C21H19ClF2N6O/c1-21(23,24)17-10-16(13-4-2-8-25-11-13)29-30(17)18-7-6-14(12-27-18)28-20(31)15-5-3-9-26-19(15)22/h3-5,9-12H,2,6-8H2,1H3,(H,28,31). The third-order valence-corrected chi connectivity index (χ3v) is 5.12. The number of aromatic nitrogens is 3. The number of carbonyl (C=O) groups excluding carboxylic acids is 1. The molecule has 0 spiro atoms. The van der Waals surface area contributed by atoms with Gasteiger partial charge >= 0.3 is 0 Å². The van der Waals surface area contributed by atoms with Crippen LogP contribution in [0.5, 0.6) is 0 Å². The molecule has 160 valence electrons. The van der Waals surface area contributed by atoms with E-state index in [0.29, 0.717) is 42.2 Å². The lowest BCUT2D eigenvalue weighted by Crippen LogP contribution is -2.28. The summed E-state index contributed by atoms with van der Waals surface area (Å²) in [5.41, 5.74) is 1.68. The Balaban J connectivity index is 1.59. The van der Waals surface area contributed by atoms with Gasteiger partial charge in [0.1, 0.15) is 16.7 Å². The van der Waals surface area contributed by atoms with E-state index in [2.05, 4.69) is 25.4 Å². The maximum atomic E-state index is 14.3. The molecule has 4 heterocycles. The van der Waals surface area contributed by atoms with E-state index >= 15 is 0 Å². The van der Waals surface area contributed by atoms with Crippen LogP contribution < -0.4 is 5.32 Å². The number of hydrogen-bond acceptors (Lipinski definition) is 5. The molecule has 10 heteroatoms. The summed E-state index contributed by atoms with van der Waals surface area (Å²) in [6.07, 6.45) is 7.97. The Hall–Kier alpha value is -3.20. The number of alkyl halides is 2. The van der Waals surface area contributed by atoms with Gasteiger partial charge in [0.05, 0.1) is 11.3 Å². The first kappa shape index (κ1) is 21.0. The van der Waals surface area contributed by atoms with Crippen molar-refractivity contribution in [2.24, 2.45) is 9.98 Å². The normalized spacial score (nSPS) is 16.5. The smallest absolute Gasteiger partial charge is 0.287 e. The number of amides is 1. The molecule has 0 fully saturated rings. The van der Waals surface area contributed by atoms with Crippen molar-refractivity contribution in [1.82, 2.24) is 20.1 Å². The molecule has 1 N–H and O–H groups in total. The van der Waals surface area contributed by atoms with Gasteiger partial charge in [-0.1, -0.05) is 17.7 Å². The van der Waals surface area contributed by atoms with Crippen LogP contribution in [0.2, 0.25) is 5.15 Å². The number of aliphatic imine (C=N–C) groups is 2. The first-order chi connectivity index (χ1) is 14.8. The predicted octanol–water partition coefficient (Wildman–Crippen LogP) is 4.21. The molecule has 2 aliphatic rings. The lowest BCUT2D eigenvalue weighted by atomic mass is 10.1. The van der Waals surface area contributed by atoms with E-state index in [-0.39, 0.29) is 16.4 Å². The second-order valence-corrected chi connectivity index (χ2v) is 7.55. The molecule has 0 aliphatic carbocycles. The minimum Gasteiger partial charge on any atom is -0.324 e. The molecule has 0 bridgehead atoms. The molecule has 0 radical (unpaired) electrons. The summed E-state index contributed by atoms with van der Waals surface area (Å²) in [4.78, 5) is 24.8. The molecule has 0 atom stereocenters. The van der Waals surface area contributed by atoms with Crippen molar-refractivity contribution in [3.8, 4) is 0 Å². The van der Waals surface area contributed by atoms with Gasteiger partial charge in [-0.25, -0.2) is 14.7 Å². The van der Waals surface area contributed by atoms with Crippen molar-refractivity contribution in [2.75, 3.05) is 6.54 Å². The van der Waals surface area contributed by atoms with E-state index < -0.39 is 11.8 Å². The number of nitrogens with one attached hydrogen (secondary N) is 1. The number of hydrogen-bond donors (Lipinski definition) is 1.